The fraction of sp³-hybridized carbons (Fsp3) is 0.200. The van der Waals surface area contributed by atoms with Gasteiger partial charge in [-0.05, 0) is 16.7 Å². The Hall–Kier alpha value is -2.89. The van der Waals surface area contributed by atoms with Crippen molar-refractivity contribution >= 4 is 22.2 Å². The average molecular weight is 418 g/mol. The van der Waals surface area contributed by atoms with Crippen LogP contribution in [0.4, 0.5) is 0 Å². The summed E-state index contributed by atoms with van der Waals surface area (Å²) in [5.74, 6) is 0. The number of nitro groups is 1. The summed E-state index contributed by atoms with van der Waals surface area (Å²) in [6.07, 6.45) is 0. The Kier molecular flexibility index (Phi) is 6.02. The maximum atomic E-state index is 12.4. The van der Waals surface area contributed by atoms with Crippen LogP contribution in [-0.2, 0) is 0 Å². The lowest BCUT2D eigenvalue weighted by molar-refractivity contribution is -0.890. The van der Waals surface area contributed by atoms with E-state index in [4.69, 9.17) is 0 Å². The molecule has 0 saturated carbocycles. The van der Waals surface area contributed by atoms with Crippen LogP contribution in [0.2, 0.25) is 0 Å². The molecule has 0 aliphatic carbocycles. The molecule has 0 bridgehead atoms. The van der Waals surface area contributed by atoms with Crippen molar-refractivity contribution in [2.75, 3.05) is 14.1 Å². The average Bonchev–Trinajstić information content (AvgIpc) is 2.79. The number of likely N-dealkylation sites (N-methyl/N-ethyl adjacent to an activating group) is 1. The van der Waals surface area contributed by atoms with E-state index >= 15 is 0 Å². The molecule has 0 aromatic heterocycles. The van der Waals surface area contributed by atoms with Gasteiger partial charge in [-0.15, -0.1) is 11.8 Å². The summed E-state index contributed by atoms with van der Waals surface area (Å²) >= 11 is 1.62. The van der Waals surface area contributed by atoms with Crippen molar-refractivity contribution in [2.45, 2.75) is 17.3 Å². The van der Waals surface area contributed by atoms with Crippen LogP contribution in [0.1, 0.15) is 21.9 Å². The Morgan fingerprint density at radius 2 is 1.30 bits per heavy atom. The highest BCUT2D eigenvalue weighted by Crippen LogP contribution is 2.52. The van der Waals surface area contributed by atoms with Crippen molar-refractivity contribution in [2.24, 2.45) is 0 Å². The molecule has 1 heterocycles. The number of benzene rings is 3. The first-order chi connectivity index (χ1) is 14.6. The van der Waals surface area contributed by atoms with Crippen molar-refractivity contribution in [3.8, 4) is 0 Å². The molecule has 0 amide bonds. The lowest BCUT2D eigenvalue weighted by Crippen LogP contribution is -3.12. The molecule has 5 heteroatoms. The zero-order valence-corrected chi connectivity index (χ0v) is 17.9. The minimum absolute atomic E-state index is 0.0763. The zero-order chi connectivity index (χ0) is 21.1. The van der Waals surface area contributed by atoms with Crippen LogP contribution in [0.15, 0.2) is 91.0 Å². The fourth-order valence-corrected chi connectivity index (χ4v) is 5.85. The minimum atomic E-state index is -0.731. The molecule has 3 aromatic rings. The molecule has 0 unspecified atom stereocenters. The summed E-state index contributed by atoms with van der Waals surface area (Å²) in [4.78, 5) is 14.5. The van der Waals surface area contributed by atoms with Gasteiger partial charge in [-0.25, -0.2) is 0 Å². The van der Waals surface area contributed by atoms with Gasteiger partial charge in [0.15, 0.2) is 6.04 Å². The van der Waals surface area contributed by atoms with Gasteiger partial charge in [0.2, 0.25) is 0 Å². The van der Waals surface area contributed by atoms with E-state index in [0.717, 1.165) is 32.1 Å². The number of thioether (sulfide) groups is 1. The molecule has 152 valence electrons. The Bertz CT molecular complexity index is 1040. The van der Waals surface area contributed by atoms with Crippen molar-refractivity contribution in [1.29, 1.82) is 0 Å². The molecule has 1 aliphatic rings. The number of quaternary nitrogens is 1. The van der Waals surface area contributed by atoms with Crippen LogP contribution < -0.4 is 4.90 Å². The van der Waals surface area contributed by atoms with E-state index in [9.17, 15) is 10.1 Å². The quantitative estimate of drug-likeness (QED) is 0.500. The first-order valence-corrected chi connectivity index (χ1v) is 11.0. The van der Waals surface area contributed by atoms with Crippen LogP contribution in [0.5, 0.6) is 0 Å². The summed E-state index contributed by atoms with van der Waals surface area (Å²) < 4.78 is 0. The highest BCUT2D eigenvalue weighted by atomic mass is 32.2. The highest BCUT2D eigenvalue weighted by Gasteiger charge is 2.51. The van der Waals surface area contributed by atoms with Crippen LogP contribution in [0.25, 0.3) is 10.5 Å². The maximum absolute atomic E-state index is 12.4. The molecule has 3 aromatic carbocycles. The second-order valence-corrected chi connectivity index (χ2v) is 8.91. The Labute approximate surface area is 181 Å². The predicted molar refractivity (Wildman–Crippen MR) is 124 cm³/mol. The van der Waals surface area contributed by atoms with Crippen molar-refractivity contribution in [1.82, 2.24) is 0 Å². The molecule has 4 nitrogen and oxygen atoms in total. The molecular weight excluding hydrogens is 392 g/mol. The third-order valence-electron chi connectivity index (χ3n) is 5.57. The van der Waals surface area contributed by atoms with Gasteiger partial charge in [-0.1, -0.05) is 91.0 Å². The number of nitrogens with zero attached hydrogens (tertiary/aromatic N) is 1. The first kappa shape index (κ1) is 20.4. The number of rotatable bonds is 5. The molecule has 1 N–H and O–H groups in total. The van der Waals surface area contributed by atoms with Gasteiger partial charge in [-0.3, -0.25) is 10.1 Å². The van der Waals surface area contributed by atoms with E-state index < -0.39 is 6.04 Å². The van der Waals surface area contributed by atoms with E-state index in [0.29, 0.717) is 0 Å². The third-order valence-corrected chi connectivity index (χ3v) is 7.06. The second kappa shape index (κ2) is 8.86. The van der Waals surface area contributed by atoms with Gasteiger partial charge in [0.05, 0.1) is 14.1 Å². The second-order valence-electron chi connectivity index (χ2n) is 7.75. The molecule has 4 rings (SSSR count). The van der Waals surface area contributed by atoms with E-state index in [1.165, 1.54) is 0 Å². The smallest absolute Gasteiger partial charge is 0.284 e. The summed E-state index contributed by atoms with van der Waals surface area (Å²) in [7, 11) is 4.04. The Morgan fingerprint density at radius 1 is 0.800 bits per heavy atom. The third kappa shape index (κ3) is 3.91. The SMILES string of the molecule is C[NH+](C)[C@H]1C(c2ccccc2)=C(c2ccccc2)S[C@@H](c2ccccc2)[C@@H]1[N+](=O)[O-]. The first-order valence-electron chi connectivity index (χ1n) is 10.1. The fourth-order valence-electron chi connectivity index (χ4n) is 4.26. The van der Waals surface area contributed by atoms with Gasteiger partial charge in [0, 0.05) is 15.4 Å². The van der Waals surface area contributed by atoms with E-state index in [1.807, 2.05) is 80.8 Å². The number of hydrogen-bond acceptors (Lipinski definition) is 3. The maximum Gasteiger partial charge on any atom is 0.284 e. The van der Waals surface area contributed by atoms with Crippen LogP contribution in [0, 0.1) is 10.1 Å². The molecular formula is C25H25N2O2S+. The zero-order valence-electron chi connectivity index (χ0n) is 17.1. The topological polar surface area (TPSA) is 47.6 Å². The van der Waals surface area contributed by atoms with E-state index in [-0.39, 0.29) is 16.2 Å². The summed E-state index contributed by atoms with van der Waals surface area (Å²) in [6.45, 7) is 0. The Balaban J connectivity index is 1.99. The molecule has 3 atom stereocenters. The minimum Gasteiger partial charge on any atom is -0.328 e. The summed E-state index contributed by atoms with van der Waals surface area (Å²) in [6, 6.07) is 29.3. The van der Waals surface area contributed by atoms with Gasteiger partial charge >= 0.3 is 0 Å². The largest absolute Gasteiger partial charge is 0.328 e. The molecule has 30 heavy (non-hydrogen) atoms. The monoisotopic (exact) mass is 417 g/mol. The number of hydrogen-bond donors (Lipinski definition) is 1. The van der Waals surface area contributed by atoms with E-state index in [2.05, 4.69) is 24.3 Å². The van der Waals surface area contributed by atoms with Crippen molar-refractivity contribution < 1.29 is 9.82 Å². The van der Waals surface area contributed by atoms with Gasteiger partial charge < -0.3 is 4.90 Å². The molecule has 1 aliphatic heterocycles. The normalized spacial score (nSPS) is 21.6. The summed E-state index contributed by atoms with van der Waals surface area (Å²) in [5, 5.41) is 12.2. The lowest BCUT2D eigenvalue weighted by atomic mass is 9.86. The van der Waals surface area contributed by atoms with Crippen LogP contribution >= 0.6 is 11.8 Å². The van der Waals surface area contributed by atoms with Crippen LogP contribution in [0.3, 0.4) is 0 Å². The standard InChI is InChI=1S/C25H24N2O2S/c1-26(2)22-21(18-12-6-3-7-13-18)24(19-14-8-4-9-15-19)30-25(23(22)27(28)29)20-16-10-5-11-17-20/h3-17,22-23,25H,1-2H3/p+1/t22-,23+,25-/m0/s1. The molecule has 0 spiro atoms. The molecule has 0 radical (unpaired) electrons. The molecule has 0 saturated heterocycles. The highest BCUT2D eigenvalue weighted by molar-refractivity contribution is 8.08. The van der Waals surface area contributed by atoms with Crippen molar-refractivity contribution in [3.63, 3.8) is 0 Å². The lowest BCUT2D eigenvalue weighted by Gasteiger charge is -2.37. The van der Waals surface area contributed by atoms with Gasteiger partial charge in [0.25, 0.3) is 6.04 Å². The van der Waals surface area contributed by atoms with Gasteiger partial charge in [-0.2, -0.15) is 0 Å². The van der Waals surface area contributed by atoms with E-state index in [1.54, 1.807) is 11.8 Å². The van der Waals surface area contributed by atoms with Crippen molar-refractivity contribution in [3.05, 3.63) is 118 Å². The van der Waals surface area contributed by atoms with Gasteiger partial charge in [0.1, 0.15) is 5.25 Å². The number of nitrogens with one attached hydrogen (secondary N) is 1. The predicted octanol–water partition coefficient (Wildman–Crippen LogP) is 4.20. The Morgan fingerprint density at radius 3 is 1.80 bits per heavy atom. The summed E-state index contributed by atoms with van der Waals surface area (Å²) in [5.41, 5.74) is 4.21. The van der Waals surface area contributed by atoms with Crippen LogP contribution in [-0.4, -0.2) is 31.1 Å². The molecule has 0 fully saturated rings.